The SMILES string of the molecule is COc1ccc(S(=O)(=O)N(C)C)cc1CCC(=O)Nc1ccccc1C(F)(F)F. The molecule has 0 fully saturated rings. The van der Waals surface area contributed by atoms with Gasteiger partial charge in [-0.3, -0.25) is 4.79 Å². The number of carbonyl (C=O) groups is 1. The Morgan fingerprint density at radius 3 is 2.38 bits per heavy atom. The van der Waals surface area contributed by atoms with E-state index < -0.39 is 27.7 Å². The third kappa shape index (κ3) is 5.48. The Morgan fingerprint density at radius 2 is 1.79 bits per heavy atom. The number of benzene rings is 2. The highest BCUT2D eigenvalue weighted by Crippen LogP contribution is 2.34. The summed E-state index contributed by atoms with van der Waals surface area (Å²) in [6, 6.07) is 8.94. The van der Waals surface area contributed by atoms with Crippen molar-refractivity contribution in [1.29, 1.82) is 0 Å². The lowest BCUT2D eigenvalue weighted by Gasteiger charge is -2.15. The van der Waals surface area contributed by atoms with Gasteiger partial charge in [-0.1, -0.05) is 12.1 Å². The van der Waals surface area contributed by atoms with Crippen LogP contribution >= 0.6 is 0 Å². The summed E-state index contributed by atoms with van der Waals surface area (Å²) in [6.45, 7) is 0. The molecule has 0 atom stereocenters. The second kappa shape index (κ2) is 8.83. The van der Waals surface area contributed by atoms with E-state index in [2.05, 4.69) is 5.32 Å². The van der Waals surface area contributed by atoms with Gasteiger partial charge in [0.15, 0.2) is 0 Å². The third-order valence-electron chi connectivity index (χ3n) is 4.16. The number of alkyl halides is 3. The summed E-state index contributed by atoms with van der Waals surface area (Å²) in [7, 11) is 0.507. The second-order valence-electron chi connectivity index (χ2n) is 6.35. The molecular weight excluding hydrogens is 409 g/mol. The van der Waals surface area contributed by atoms with E-state index in [1.165, 1.54) is 57.6 Å². The number of anilines is 1. The Kier molecular flexibility index (Phi) is 6.91. The van der Waals surface area contributed by atoms with Gasteiger partial charge in [0.25, 0.3) is 0 Å². The van der Waals surface area contributed by atoms with Crippen LogP contribution in [0.5, 0.6) is 5.75 Å². The van der Waals surface area contributed by atoms with Crippen molar-refractivity contribution in [1.82, 2.24) is 4.31 Å². The number of nitrogens with zero attached hydrogens (tertiary/aromatic N) is 1. The Hall–Kier alpha value is -2.59. The third-order valence-corrected chi connectivity index (χ3v) is 5.97. The quantitative estimate of drug-likeness (QED) is 0.729. The van der Waals surface area contributed by atoms with Crippen LogP contribution in [0.3, 0.4) is 0 Å². The van der Waals surface area contributed by atoms with E-state index in [0.29, 0.717) is 11.3 Å². The molecule has 0 spiro atoms. The number of para-hydroxylation sites is 1. The van der Waals surface area contributed by atoms with Gasteiger partial charge in [0.05, 0.1) is 23.3 Å². The zero-order valence-corrected chi connectivity index (χ0v) is 16.9. The minimum Gasteiger partial charge on any atom is -0.496 e. The molecule has 2 rings (SSSR count). The summed E-state index contributed by atoms with van der Waals surface area (Å²) < 4.78 is 70.0. The van der Waals surface area contributed by atoms with Crippen LogP contribution in [0.4, 0.5) is 18.9 Å². The maximum Gasteiger partial charge on any atom is 0.418 e. The molecule has 2 aromatic carbocycles. The van der Waals surface area contributed by atoms with E-state index in [1.54, 1.807) is 0 Å². The number of rotatable bonds is 7. The molecule has 0 saturated heterocycles. The van der Waals surface area contributed by atoms with Gasteiger partial charge in [-0.2, -0.15) is 13.2 Å². The predicted molar refractivity (Wildman–Crippen MR) is 102 cm³/mol. The molecule has 158 valence electrons. The van der Waals surface area contributed by atoms with Crippen molar-refractivity contribution < 1.29 is 31.1 Å². The largest absolute Gasteiger partial charge is 0.496 e. The number of amides is 1. The Bertz CT molecular complexity index is 989. The van der Waals surface area contributed by atoms with Crippen LogP contribution in [0.25, 0.3) is 0 Å². The fraction of sp³-hybridized carbons (Fsp3) is 0.316. The molecule has 1 amide bonds. The van der Waals surface area contributed by atoms with Gasteiger partial charge in [-0.15, -0.1) is 0 Å². The maximum atomic E-state index is 13.0. The van der Waals surface area contributed by atoms with Crippen molar-refractivity contribution in [2.75, 3.05) is 26.5 Å². The summed E-state index contributed by atoms with van der Waals surface area (Å²) in [5, 5.41) is 2.26. The lowest BCUT2D eigenvalue weighted by atomic mass is 10.1. The average molecular weight is 430 g/mol. The lowest BCUT2D eigenvalue weighted by Crippen LogP contribution is -2.22. The van der Waals surface area contributed by atoms with Gasteiger partial charge in [0, 0.05) is 20.5 Å². The second-order valence-corrected chi connectivity index (χ2v) is 8.50. The van der Waals surface area contributed by atoms with Crippen molar-refractivity contribution in [3.63, 3.8) is 0 Å². The number of nitrogens with one attached hydrogen (secondary N) is 1. The van der Waals surface area contributed by atoms with Crippen molar-refractivity contribution in [2.24, 2.45) is 0 Å². The van der Waals surface area contributed by atoms with Crippen LogP contribution in [0.2, 0.25) is 0 Å². The molecule has 0 aliphatic heterocycles. The molecule has 0 unspecified atom stereocenters. The molecule has 0 heterocycles. The van der Waals surface area contributed by atoms with Crippen molar-refractivity contribution >= 4 is 21.6 Å². The van der Waals surface area contributed by atoms with Crippen LogP contribution in [-0.2, 0) is 27.4 Å². The maximum absolute atomic E-state index is 13.0. The zero-order valence-electron chi connectivity index (χ0n) is 16.1. The number of carbonyl (C=O) groups excluding carboxylic acids is 1. The molecule has 0 aromatic heterocycles. The number of methoxy groups -OCH3 is 1. The monoisotopic (exact) mass is 430 g/mol. The summed E-state index contributed by atoms with van der Waals surface area (Å²) in [5.41, 5.74) is -0.819. The fourth-order valence-electron chi connectivity index (χ4n) is 2.62. The molecular formula is C19H21F3N2O4S. The first kappa shape index (κ1) is 22.7. The Labute approximate surface area is 167 Å². The zero-order chi connectivity index (χ0) is 21.8. The smallest absolute Gasteiger partial charge is 0.418 e. The molecule has 0 bridgehead atoms. The number of sulfonamides is 1. The van der Waals surface area contributed by atoms with E-state index in [-0.39, 0.29) is 23.4 Å². The predicted octanol–water partition coefficient (Wildman–Crippen LogP) is 3.54. The van der Waals surface area contributed by atoms with E-state index in [4.69, 9.17) is 4.74 Å². The first-order valence-electron chi connectivity index (χ1n) is 8.52. The van der Waals surface area contributed by atoms with Crippen molar-refractivity contribution in [2.45, 2.75) is 23.9 Å². The highest BCUT2D eigenvalue weighted by Gasteiger charge is 2.33. The van der Waals surface area contributed by atoms with Crippen molar-refractivity contribution in [3.05, 3.63) is 53.6 Å². The van der Waals surface area contributed by atoms with E-state index >= 15 is 0 Å². The fourth-order valence-corrected chi connectivity index (χ4v) is 3.57. The normalized spacial score (nSPS) is 12.1. The van der Waals surface area contributed by atoms with Gasteiger partial charge in [-0.25, -0.2) is 12.7 Å². The number of halogens is 3. The molecule has 10 heteroatoms. The molecule has 6 nitrogen and oxygen atoms in total. The van der Waals surface area contributed by atoms with Crippen LogP contribution in [-0.4, -0.2) is 39.8 Å². The van der Waals surface area contributed by atoms with Crippen LogP contribution in [0, 0.1) is 0 Å². The van der Waals surface area contributed by atoms with E-state index in [9.17, 15) is 26.4 Å². The van der Waals surface area contributed by atoms with Crippen molar-refractivity contribution in [3.8, 4) is 5.75 Å². The summed E-state index contributed by atoms with van der Waals surface area (Å²) in [4.78, 5) is 12.2. The molecule has 0 radical (unpaired) electrons. The van der Waals surface area contributed by atoms with Gasteiger partial charge >= 0.3 is 6.18 Å². The first-order chi connectivity index (χ1) is 13.5. The standard InChI is InChI=1S/C19H21F3N2O4S/c1-24(2)29(26,27)14-9-10-17(28-3)13(12-14)8-11-18(25)23-16-7-5-4-6-15(16)19(20,21)22/h4-7,9-10,12H,8,11H2,1-3H3,(H,23,25). The van der Waals surface area contributed by atoms with E-state index in [1.807, 2.05) is 0 Å². The lowest BCUT2D eigenvalue weighted by molar-refractivity contribution is -0.137. The molecule has 2 aromatic rings. The minimum atomic E-state index is -4.60. The number of hydrogen-bond donors (Lipinski definition) is 1. The van der Waals surface area contributed by atoms with Gasteiger partial charge in [-0.05, 0) is 42.3 Å². The number of hydrogen-bond acceptors (Lipinski definition) is 4. The highest BCUT2D eigenvalue weighted by atomic mass is 32.2. The molecule has 0 saturated carbocycles. The van der Waals surface area contributed by atoms with Crippen LogP contribution in [0.15, 0.2) is 47.4 Å². The first-order valence-corrected chi connectivity index (χ1v) is 9.96. The summed E-state index contributed by atoms with van der Waals surface area (Å²) in [5.74, 6) is -0.254. The average Bonchev–Trinajstić information content (AvgIpc) is 2.65. The van der Waals surface area contributed by atoms with Gasteiger partial charge < -0.3 is 10.1 Å². The minimum absolute atomic E-state index is 0.0288. The van der Waals surface area contributed by atoms with Gasteiger partial charge in [0.2, 0.25) is 15.9 Å². The summed E-state index contributed by atoms with van der Waals surface area (Å²) >= 11 is 0. The molecule has 29 heavy (non-hydrogen) atoms. The molecule has 0 aliphatic carbocycles. The van der Waals surface area contributed by atoms with Crippen LogP contribution < -0.4 is 10.1 Å². The molecule has 1 N–H and O–H groups in total. The number of ether oxygens (including phenoxy) is 1. The Morgan fingerprint density at radius 1 is 1.14 bits per heavy atom. The van der Waals surface area contributed by atoms with Crippen LogP contribution in [0.1, 0.15) is 17.5 Å². The summed E-state index contributed by atoms with van der Waals surface area (Å²) in [6.07, 6.45) is -4.67. The Balaban J connectivity index is 2.19. The number of aryl methyl sites for hydroxylation is 1. The highest BCUT2D eigenvalue weighted by molar-refractivity contribution is 7.89. The topological polar surface area (TPSA) is 75.7 Å². The molecule has 0 aliphatic rings. The van der Waals surface area contributed by atoms with Gasteiger partial charge in [0.1, 0.15) is 5.75 Å². The van der Waals surface area contributed by atoms with E-state index in [0.717, 1.165) is 10.4 Å².